The summed E-state index contributed by atoms with van der Waals surface area (Å²) in [5.41, 5.74) is 4.13. The van der Waals surface area contributed by atoms with Crippen molar-refractivity contribution in [1.82, 2.24) is 0 Å². The molecule has 2 nitrogen and oxygen atoms in total. The zero-order chi connectivity index (χ0) is 17.8. The monoisotopic (exact) mass is 342 g/mol. The first kappa shape index (κ1) is 17.4. The summed E-state index contributed by atoms with van der Waals surface area (Å²) in [4.78, 5) is 11.3. The lowest BCUT2D eigenvalue weighted by molar-refractivity contribution is -0.148. The molecule has 0 heterocycles. The van der Waals surface area contributed by atoms with Gasteiger partial charge in [0.25, 0.3) is 0 Å². The van der Waals surface area contributed by atoms with Crippen molar-refractivity contribution in [2.45, 2.75) is 85.2 Å². The molecule has 0 N–H and O–H groups in total. The molecule has 0 bridgehead atoms. The summed E-state index contributed by atoms with van der Waals surface area (Å²) in [5.74, 6) is 2.31. The van der Waals surface area contributed by atoms with Crippen LogP contribution in [0.4, 0.5) is 0 Å². The maximum atomic E-state index is 11.3. The van der Waals surface area contributed by atoms with Gasteiger partial charge >= 0.3 is 5.97 Å². The van der Waals surface area contributed by atoms with Gasteiger partial charge in [-0.2, -0.15) is 0 Å². The van der Waals surface area contributed by atoms with E-state index in [-0.39, 0.29) is 12.1 Å². The summed E-state index contributed by atoms with van der Waals surface area (Å²) in [6.07, 6.45) is 15.0. The van der Waals surface area contributed by atoms with E-state index < -0.39 is 0 Å². The molecule has 0 unspecified atom stereocenters. The first-order valence-corrected chi connectivity index (χ1v) is 10.5. The number of allylic oxidation sites excluding steroid dienone is 3. The minimum absolute atomic E-state index is 0.0941. The Bertz CT molecular complexity index is 630. The summed E-state index contributed by atoms with van der Waals surface area (Å²) < 4.78 is 5.53. The fraction of sp³-hybridized carbons (Fsp3) is 0.783. The summed E-state index contributed by atoms with van der Waals surface area (Å²) >= 11 is 0. The maximum Gasteiger partial charge on any atom is 0.302 e. The lowest BCUT2D eigenvalue weighted by Gasteiger charge is -2.54. The molecule has 3 saturated carbocycles. The number of hydrogen-bond donors (Lipinski definition) is 0. The van der Waals surface area contributed by atoms with Crippen LogP contribution in [0.5, 0.6) is 0 Å². The highest BCUT2D eigenvalue weighted by atomic mass is 16.5. The second-order valence-corrected chi connectivity index (χ2v) is 9.58. The number of esters is 1. The molecule has 0 aromatic rings. The van der Waals surface area contributed by atoms with E-state index in [9.17, 15) is 4.79 Å². The van der Waals surface area contributed by atoms with Crippen LogP contribution in [0.15, 0.2) is 23.3 Å². The predicted molar refractivity (Wildman–Crippen MR) is 101 cm³/mol. The van der Waals surface area contributed by atoms with Gasteiger partial charge in [-0.3, -0.25) is 4.79 Å². The molecule has 0 radical (unpaired) electrons. The Labute approximate surface area is 153 Å². The Kier molecular flexibility index (Phi) is 4.16. The van der Waals surface area contributed by atoms with Crippen molar-refractivity contribution in [3.63, 3.8) is 0 Å². The van der Waals surface area contributed by atoms with Gasteiger partial charge in [0, 0.05) is 13.3 Å². The maximum absolute atomic E-state index is 11.3. The Morgan fingerprint density at radius 2 is 1.92 bits per heavy atom. The van der Waals surface area contributed by atoms with Crippen molar-refractivity contribution in [1.29, 1.82) is 0 Å². The molecule has 4 aliphatic rings. The molecule has 2 heteroatoms. The standard InChI is InChI=1S/C23H34O2/c1-5-16-7-9-20-19-8-6-17-14-18(25-15(2)24)10-12-23(17,4)21(19)11-13-22(16,20)3/h6,8,16,18,20-21H,5,7,9-14H2,1-4H3/t16-,18-,20-,21-,22+,23-/m0/s1. The number of rotatable bonds is 2. The van der Waals surface area contributed by atoms with Crippen LogP contribution in [0.25, 0.3) is 0 Å². The van der Waals surface area contributed by atoms with Crippen LogP contribution < -0.4 is 0 Å². The summed E-state index contributed by atoms with van der Waals surface area (Å²) in [6.45, 7) is 8.99. The molecule has 3 fully saturated rings. The van der Waals surface area contributed by atoms with Gasteiger partial charge in [0.05, 0.1) is 0 Å². The smallest absolute Gasteiger partial charge is 0.302 e. The molecule has 4 rings (SSSR count). The van der Waals surface area contributed by atoms with E-state index in [0.717, 1.165) is 30.6 Å². The largest absolute Gasteiger partial charge is 0.462 e. The zero-order valence-corrected chi connectivity index (χ0v) is 16.4. The van der Waals surface area contributed by atoms with Crippen molar-refractivity contribution in [3.05, 3.63) is 23.3 Å². The Balaban J connectivity index is 1.63. The molecule has 0 aromatic heterocycles. The highest BCUT2D eigenvalue weighted by molar-refractivity contribution is 5.66. The van der Waals surface area contributed by atoms with E-state index in [0.29, 0.717) is 10.8 Å². The fourth-order valence-corrected chi connectivity index (χ4v) is 7.08. The van der Waals surface area contributed by atoms with Crippen LogP contribution >= 0.6 is 0 Å². The van der Waals surface area contributed by atoms with E-state index in [1.54, 1.807) is 5.57 Å². The van der Waals surface area contributed by atoms with Crippen LogP contribution in [0.2, 0.25) is 0 Å². The molecule has 0 saturated heterocycles. The Morgan fingerprint density at radius 1 is 1.12 bits per heavy atom. The molecule has 138 valence electrons. The molecule has 0 aromatic carbocycles. The van der Waals surface area contributed by atoms with Gasteiger partial charge in [-0.25, -0.2) is 0 Å². The lowest BCUT2D eigenvalue weighted by atomic mass is 9.50. The van der Waals surface area contributed by atoms with Gasteiger partial charge in [0.2, 0.25) is 0 Å². The van der Waals surface area contributed by atoms with E-state index in [1.807, 2.05) is 0 Å². The van der Waals surface area contributed by atoms with Crippen molar-refractivity contribution in [2.24, 2.45) is 28.6 Å². The number of carbonyl (C=O) groups is 1. The predicted octanol–water partition coefficient (Wildman–Crippen LogP) is 5.83. The van der Waals surface area contributed by atoms with Crippen LogP contribution in [-0.4, -0.2) is 12.1 Å². The minimum Gasteiger partial charge on any atom is -0.462 e. The lowest BCUT2D eigenvalue weighted by Crippen LogP contribution is -2.46. The van der Waals surface area contributed by atoms with Gasteiger partial charge in [-0.05, 0) is 67.1 Å². The van der Waals surface area contributed by atoms with Gasteiger partial charge in [0.15, 0.2) is 0 Å². The third-order valence-corrected chi connectivity index (χ3v) is 8.55. The molecular formula is C23H34O2. The average molecular weight is 343 g/mol. The highest BCUT2D eigenvalue weighted by Crippen LogP contribution is 2.65. The summed E-state index contributed by atoms with van der Waals surface area (Å²) in [7, 11) is 0. The fourth-order valence-electron chi connectivity index (χ4n) is 7.08. The van der Waals surface area contributed by atoms with Crippen LogP contribution in [0.1, 0.15) is 79.1 Å². The van der Waals surface area contributed by atoms with Gasteiger partial charge < -0.3 is 4.74 Å². The molecule has 25 heavy (non-hydrogen) atoms. The first-order chi connectivity index (χ1) is 11.9. The van der Waals surface area contributed by atoms with Crippen molar-refractivity contribution in [2.75, 3.05) is 0 Å². The first-order valence-electron chi connectivity index (χ1n) is 10.5. The molecule has 4 aliphatic carbocycles. The molecule has 6 atom stereocenters. The summed E-state index contributed by atoms with van der Waals surface area (Å²) in [6, 6.07) is 0. The normalized spacial score (nSPS) is 45.6. The van der Waals surface area contributed by atoms with E-state index in [2.05, 4.69) is 32.9 Å². The SMILES string of the molecule is CC[C@H]1CC[C@H]2C3=CC=C4C[C@@H](OC(C)=O)CC[C@]4(C)[C@H]3CC[C@]12C. The third-order valence-electron chi connectivity index (χ3n) is 8.55. The topological polar surface area (TPSA) is 26.3 Å². The Hall–Kier alpha value is -1.05. The number of ether oxygens (including phenoxy) is 1. The third kappa shape index (κ3) is 2.54. The average Bonchev–Trinajstić information content (AvgIpc) is 2.91. The van der Waals surface area contributed by atoms with Crippen molar-refractivity contribution in [3.8, 4) is 0 Å². The molecular weight excluding hydrogens is 308 g/mol. The van der Waals surface area contributed by atoms with Crippen LogP contribution in [0.3, 0.4) is 0 Å². The minimum atomic E-state index is -0.133. The van der Waals surface area contributed by atoms with Crippen molar-refractivity contribution < 1.29 is 9.53 Å². The van der Waals surface area contributed by atoms with Crippen LogP contribution in [-0.2, 0) is 9.53 Å². The number of fused-ring (bicyclic) bond motifs is 5. The van der Waals surface area contributed by atoms with Gasteiger partial charge in [-0.1, -0.05) is 50.5 Å². The van der Waals surface area contributed by atoms with Crippen molar-refractivity contribution >= 4 is 5.97 Å². The summed E-state index contributed by atoms with van der Waals surface area (Å²) in [5, 5.41) is 0. The highest BCUT2D eigenvalue weighted by Gasteiger charge is 2.55. The number of hydrogen-bond acceptors (Lipinski definition) is 2. The van der Waals surface area contributed by atoms with E-state index in [4.69, 9.17) is 4.74 Å². The molecule has 0 amide bonds. The quantitative estimate of drug-likeness (QED) is 0.590. The second kappa shape index (κ2) is 5.99. The van der Waals surface area contributed by atoms with Gasteiger partial charge in [-0.15, -0.1) is 0 Å². The Morgan fingerprint density at radius 3 is 2.64 bits per heavy atom. The molecule has 0 spiro atoms. The van der Waals surface area contributed by atoms with E-state index in [1.165, 1.54) is 51.0 Å². The number of carbonyl (C=O) groups excluding carboxylic acids is 1. The zero-order valence-electron chi connectivity index (χ0n) is 16.4. The second-order valence-electron chi connectivity index (χ2n) is 9.58. The van der Waals surface area contributed by atoms with E-state index >= 15 is 0 Å². The van der Waals surface area contributed by atoms with Gasteiger partial charge in [0.1, 0.15) is 6.10 Å². The van der Waals surface area contributed by atoms with Crippen LogP contribution in [0, 0.1) is 28.6 Å². The molecule has 0 aliphatic heterocycles.